The number of allylic oxidation sites excluding steroid dienone is 2. The fourth-order valence-electron chi connectivity index (χ4n) is 3.94. The molecule has 2 unspecified atom stereocenters. The first-order valence-electron chi connectivity index (χ1n) is 13.5. The van der Waals surface area contributed by atoms with Crippen molar-refractivity contribution in [3.05, 3.63) is 35.4 Å². The normalized spacial score (nSPS) is 16.9. The number of ether oxygens (including phenoxy) is 2. The molecule has 2 heterocycles. The maximum absolute atomic E-state index is 6.41. The van der Waals surface area contributed by atoms with E-state index < -0.39 is 0 Å². The zero-order valence-electron chi connectivity index (χ0n) is 24.1. The summed E-state index contributed by atoms with van der Waals surface area (Å²) in [5.41, 5.74) is 9.78. The molecule has 2 rings (SSSR count). The van der Waals surface area contributed by atoms with Gasteiger partial charge in [-0.25, -0.2) is 10.5 Å². The predicted octanol–water partition coefficient (Wildman–Crippen LogP) is 3.84. The lowest BCUT2D eigenvalue weighted by Crippen LogP contribution is -2.43. The summed E-state index contributed by atoms with van der Waals surface area (Å²) in [5, 5.41) is 9.81. The molecule has 9 nitrogen and oxygen atoms in total. The Morgan fingerprint density at radius 3 is 2.42 bits per heavy atom. The van der Waals surface area contributed by atoms with Gasteiger partial charge in [-0.05, 0) is 53.9 Å². The Balaban J connectivity index is 0.000000600. The van der Waals surface area contributed by atoms with Crippen LogP contribution in [0.4, 0.5) is 0 Å². The van der Waals surface area contributed by atoms with Crippen LogP contribution in [0.3, 0.4) is 0 Å². The van der Waals surface area contributed by atoms with E-state index in [1.807, 2.05) is 30.8 Å². The van der Waals surface area contributed by atoms with Crippen LogP contribution in [0, 0.1) is 0 Å². The van der Waals surface area contributed by atoms with Crippen LogP contribution in [0.1, 0.15) is 85.2 Å². The number of hydrazine groups is 1. The van der Waals surface area contributed by atoms with Gasteiger partial charge < -0.3 is 25.5 Å². The molecule has 0 aliphatic carbocycles. The summed E-state index contributed by atoms with van der Waals surface area (Å²) in [6.07, 6.45) is 9.45. The fraction of sp³-hybridized carbons (Fsp3) is 0.741. The third-order valence-electron chi connectivity index (χ3n) is 6.59. The van der Waals surface area contributed by atoms with Crippen molar-refractivity contribution in [1.82, 2.24) is 25.0 Å². The highest BCUT2D eigenvalue weighted by Crippen LogP contribution is 2.25. The van der Waals surface area contributed by atoms with Crippen LogP contribution in [-0.2, 0) is 15.9 Å². The molecule has 1 fully saturated rings. The molecule has 1 aliphatic heterocycles. The minimum atomic E-state index is -0.0781. The minimum Gasteiger partial charge on any atom is -0.403 e. The number of nitrogens with zero attached hydrogens (tertiary/aromatic N) is 4. The molecule has 1 saturated heterocycles. The van der Waals surface area contributed by atoms with Crippen molar-refractivity contribution < 1.29 is 9.47 Å². The van der Waals surface area contributed by atoms with Crippen molar-refractivity contribution in [2.75, 3.05) is 40.0 Å². The molecule has 1 aromatic rings. The quantitative estimate of drug-likeness (QED) is 0.273. The van der Waals surface area contributed by atoms with E-state index in [0.29, 0.717) is 6.04 Å². The van der Waals surface area contributed by atoms with Crippen LogP contribution in [0.25, 0.3) is 5.70 Å². The summed E-state index contributed by atoms with van der Waals surface area (Å²) in [6.45, 7) is 19.6. The molecule has 1 aliphatic rings. The average molecular weight is 508 g/mol. The highest BCUT2D eigenvalue weighted by molar-refractivity contribution is 5.65. The van der Waals surface area contributed by atoms with Crippen molar-refractivity contribution >= 4 is 5.70 Å². The van der Waals surface area contributed by atoms with Crippen molar-refractivity contribution in [2.45, 2.75) is 92.5 Å². The van der Waals surface area contributed by atoms with Gasteiger partial charge in [0.2, 0.25) is 0 Å². The number of aromatic nitrogens is 2. The lowest BCUT2D eigenvalue weighted by atomic mass is 10.1. The van der Waals surface area contributed by atoms with Gasteiger partial charge in [-0.2, -0.15) is 5.10 Å². The molecule has 5 N–H and O–H groups in total. The summed E-state index contributed by atoms with van der Waals surface area (Å²) >= 11 is 0. The van der Waals surface area contributed by atoms with E-state index in [4.69, 9.17) is 26.1 Å². The van der Waals surface area contributed by atoms with Gasteiger partial charge in [-0.15, -0.1) is 0 Å². The Labute approximate surface area is 219 Å². The monoisotopic (exact) mass is 507 g/mol. The molecule has 0 saturated carbocycles. The molecular formula is C27H53N7O2. The van der Waals surface area contributed by atoms with E-state index >= 15 is 0 Å². The Morgan fingerprint density at radius 2 is 1.94 bits per heavy atom. The summed E-state index contributed by atoms with van der Waals surface area (Å²) in [4.78, 5) is 2.43. The molecule has 0 radical (unpaired) electrons. The van der Waals surface area contributed by atoms with Gasteiger partial charge in [0.25, 0.3) is 0 Å². The maximum atomic E-state index is 6.41. The van der Waals surface area contributed by atoms with Crippen LogP contribution >= 0.6 is 0 Å². The van der Waals surface area contributed by atoms with Crippen molar-refractivity contribution in [1.29, 1.82) is 0 Å². The molecule has 0 spiro atoms. The van der Waals surface area contributed by atoms with Gasteiger partial charge in [0, 0.05) is 56.4 Å². The standard InChI is InChI=1S/C20H38N6O.C7H15NO/c1-7-10-11-20(27-6)25-14-17(18(9-3)24-25)19(12-21)26(22)16(5)13-23-15(4)8-2;1-7(2)8-3-5-9-6-4-8/h8,12,14,16,20,23H,7,9-11,13,21-22H2,1-6H3;7H,3-6H2,1-2H3/b15-8+,19-12-;. The van der Waals surface area contributed by atoms with E-state index in [9.17, 15) is 0 Å². The summed E-state index contributed by atoms with van der Waals surface area (Å²) in [7, 11) is 1.72. The third kappa shape index (κ3) is 10.1. The van der Waals surface area contributed by atoms with E-state index in [0.717, 1.165) is 81.2 Å². The van der Waals surface area contributed by atoms with Crippen LogP contribution < -0.4 is 16.9 Å². The summed E-state index contributed by atoms with van der Waals surface area (Å²) in [5.74, 6) is 6.41. The Bertz CT molecular complexity index is 785. The molecular weight excluding hydrogens is 454 g/mol. The Kier molecular flexibility index (Phi) is 15.4. The second kappa shape index (κ2) is 17.4. The molecule has 36 heavy (non-hydrogen) atoms. The molecule has 0 bridgehead atoms. The molecule has 0 amide bonds. The molecule has 1 aromatic heterocycles. The van der Waals surface area contributed by atoms with Crippen molar-refractivity contribution in [3.8, 4) is 0 Å². The number of methoxy groups -OCH3 is 1. The SMILES string of the molecule is C/C=C(\C)NCC(C)N(N)/C(=C\N)c1cn(C(CCCC)OC)nc1CC.CC(C)N1CCOCC1. The largest absolute Gasteiger partial charge is 0.403 e. The predicted molar refractivity (Wildman–Crippen MR) is 150 cm³/mol. The average Bonchev–Trinajstić information content (AvgIpc) is 3.32. The lowest BCUT2D eigenvalue weighted by Gasteiger charge is -2.29. The Morgan fingerprint density at radius 1 is 1.28 bits per heavy atom. The first-order valence-corrected chi connectivity index (χ1v) is 13.5. The topological polar surface area (TPSA) is 107 Å². The van der Waals surface area contributed by atoms with Gasteiger partial charge in [0.15, 0.2) is 0 Å². The van der Waals surface area contributed by atoms with E-state index in [2.05, 4.69) is 44.8 Å². The number of morpholine rings is 1. The summed E-state index contributed by atoms with van der Waals surface area (Å²) in [6, 6.07) is 0.745. The Hall–Kier alpha value is -2.07. The lowest BCUT2D eigenvalue weighted by molar-refractivity contribution is 0.0238. The summed E-state index contributed by atoms with van der Waals surface area (Å²) < 4.78 is 12.7. The third-order valence-corrected chi connectivity index (χ3v) is 6.59. The highest BCUT2D eigenvalue weighted by Gasteiger charge is 2.22. The maximum Gasteiger partial charge on any atom is 0.149 e. The zero-order valence-corrected chi connectivity index (χ0v) is 24.1. The van der Waals surface area contributed by atoms with E-state index in [1.54, 1.807) is 18.3 Å². The number of nitrogens with one attached hydrogen (secondary N) is 1. The van der Waals surface area contributed by atoms with Crippen molar-refractivity contribution in [2.24, 2.45) is 11.6 Å². The van der Waals surface area contributed by atoms with Crippen LogP contribution in [-0.4, -0.2) is 71.7 Å². The fourth-order valence-corrected chi connectivity index (χ4v) is 3.94. The van der Waals surface area contributed by atoms with Gasteiger partial charge in [-0.3, -0.25) is 4.90 Å². The van der Waals surface area contributed by atoms with Crippen LogP contribution in [0.15, 0.2) is 24.2 Å². The van der Waals surface area contributed by atoms with E-state index in [-0.39, 0.29) is 12.3 Å². The molecule has 9 heteroatoms. The van der Waals surface area contributed by atoms with Crippen LogP contribution in [0.2, 0.25) is 0 Å². The second-order valence-electron chi connectivity index (χ2n) is 9.56. The van der Waals surface area contributed by atoms with Gasteiger partial charge in [0.1, 0.15) is 6.23 Å². The first kappa shape index (κ1) is 32.0. The molecule has 2 atom stereocenters. The first-order chi connectivity index (χ1) is 17.2. The van der Waals surface area contributed by atoms with Gasteiger partial charge >= 0.3 is 0 Å². The number of unbranched alkanes of at least 4 members (excludes halogenated alkanes) is 1. The molecule has 208 valence electrons. The number of hydrogen-bond acceptors (Lipinski definition) is 8. The van der Waals surface area contributed by atoms with Crippen LogP contribution in [0.5, 0.6) is 0 Å². The number of nitrogens with two attached hydrogens (primary N) is 2. The number of rotatable bonds is 13. The van der Waals surface area contributed by atoms with Gasteiger partial charge in [0.05, 0.1) is 30.6 Å². The van der Waals surface area contributed by atoms with Gasteiger partial charge in [-0.1, -0.05) is 26.3 Å². The number of hydrogen-bond donors (Lipinski definition) is 3. The smallest absolute Gasteiger partial charge is 0.149 e. The minimum absolute atomic E-state index is 0.0565. The number of aryl methyl sites for hydroxylation is 1. The molecule has 0 aromatic carbocycles. The van der Waals surface area contributed by atoms with E-state index in [1.165, 1.54) is 0 Å². The van der Waals surface area contributed by atoms with Crippen molar-refractivity contribution in [3.63, 3.8) is 0 Å². The zero-order chi connectivity index (χ0) is 27.1. The second-order valence-corrected chi connectivity index (χ2v) is 9.56. The highest BCUT2D eigenvalue weighted by atomic mass is 16.5.